The molecule has 17 heavy (non-hydrogen) atoms. The molecule has 5 N–H and O–H groups in total. The van der Waals surface area contributed by atoms with E-state index in [9.17, 15) is 8.42 Å². The van der Waals surface area contributed by atoms with Crippen LogP contribution in [0.4, 0.5) is 11.4 Å². The molecule has 0 unspecified atom stereocenters. The molecule has 0 aliphatic carbocycles. The van der Waals surface area contributed by atoms with Crippen LogP contribution < -0.4 is 15.2 Å². The fourth-order valence-corrected chi connectivity index (χ4v) is 2.20. The highest BCUT2D eigenvalue weighted by Crippen LogP contribution is 2.23. The van der Waals surface area contributed by atoms with E-state index in [0.29, 0.717) is 6.54 Å². The van der Waals surface area contributed by atoms with Gasteiger partial charge < -0.3 is 10.8 Å². The molecule has 0 aliphatic rings. The highest BCUT2D eigenvalue weighted by Gasteiger charge is 2.12. The molecule has 6 nitrogen and oxygen atoms in total. The molecular weight excluding hydrogens is 242 g/mol. The van der Waals surface area contributed by atoms with Gasteiger partial charge in [0.2, 0.25) is 0 Å². The summed E-state index contributed by atoms with van der Waals surface area (Å²) < 4.78 is 27.9. The lowest BCUT2D eigenvalue weighted by Gasteiger charge is -2.12. The normalized spacial score (nSPS) is 11.7. The monoisotopic (exact) mass is 259 g/mol. The van der Waals surface area contributed by atoms with Gasteiger partial charge in [-0.05, 0) is 18.1 Å². The second kappa shape index (κ2) is 5.24. The Morgan fingerprint density at radius 2 is 2.06 bits per heavy atom. The lowest BCUT2D eigenvalue weighted by atomic mass is 10.2. The van der Waals surface area contributed by atoms with Crippen molar-refractivity contribution < 1.29 is 13.5 Å². The Balaban J connectivity index is 2.76. The number of benzene rings is 1. The van der Waals surface area contributed by atoms with Gasteiger partial charge in [-0.25, -0.2) is 0 Å². The van der Waals surface area contributed by atoms with Crippen molar-refractivity contribution in [2.75, 3.05) is 17.0 Å². The van der Waals surface area contributed by atoms with Crippen LogP contribution in [-0.4, -0.2) is 20.1 Å². The summed E-state index contributed by atoms with van der Waals surface area (Å²) in [5, 5.41) is 9.14. The Bertz CT molecular complexity index is 486. The van der Waals surface area contributed by atoms with Crippen LogP contribution in [0.2, 0.25) is 0 Å². The van der Waals surface area contributed by atoms with Crippen LogP contribution >= 0.6 is 0 Å². The fourth-order valence-electron chi connectivity index (χ4n) is 1.10. The summed E-state index contributed by atoms with van der Waals surface area (Å²) in [6.07, 6.45) is 0. The zero-order valence-electron chi connectivity index (χ0n) is 9.77. The van der Waals surface area contributed by atoms with E-state index in [-0.39, 0.29) is 23.0 Å². The molecule has 0 spiro atoms. The zero-order valence-corrected chi connectivity index (χ0v) is 10.6. The Morgan fingerprint density at radius 1 is 1.41 bits per heavy atom. The number of nitrogens with one attached hydrogen (secondary N) is 2. The van der Waals surface area contributed by atoms with Crippen LogP contribution in [0.1, 0.15) is 13.8 Å². The summed E-state index contributed by atoms with van der Waals surface area (Å²) in [5.74, 6) is 0.198. The van der Waals surface area contributed by atoms with E-state index in [1.165, 1.54) is 18.2 Å². The Morgan fingerprint density at radius 3 is 2.59 bits per heavy atom. The van der Waals surface area contributed by atoms with Gasteiger partial charge in [0.05, 0.1) is 11.4 Å². The number of phenolic OH excluding ortho intramolecular Hbond substituents is 1. The molecule has 0 saturated heterocycles. The minimum atomic E-state index is -3.63. The maximum absolute atomic E-state index is 11.6. The number of nitrogens with two attached hydrogens (primary N) is 1. The maximum Gasteiger partial charge on any atom is 0.299 e. The van der Waals surface area contributed by atoms with Crippen molar-refractivity contribution in [3.05, 3.63) is 18.2 Å². The highest BCUT2D eigenvalue weighted by atomic mass is 32.2. The van der Waals surface area contributed by atoms with E-state index in [1.54, 1.807) is 0 Å². The van der Waals surface area contributed by atoms with Crippen LogP contribution in [0.15, 0.2) is 18.2 Å². The molecule has 7 heteroatoms. The van der Waals surface area contributed by atoms with Crippen molar-refractivity contribution in [3.63, 3.8) is 0 Å². The third kappa shape index (κ3) is 4.49. The number of hydrogen-bond acceptors (Lipinski definition) is 4. The smallest absolute Gasteiger partial charge is 0.299 e. The molecule has 96 valence electrons. The summed E-state index contributed by atoms with van der Waals surface area (Å²) in [5.41, 5.74) is 5.97. The molecule has 0 saturated carbocycles. The van der Waals surface area contributed by atoms with Crippen LogP contribution in [0.25, 0.3) is 0 Å². The molecule has 0 bridgehead atoms. The van der Waals surface area contributed by atoms with Gasteiger partial charge in [0, 0.05) is 12.6 Å². The molecule has 1 aromatic rings. The molecule has 0 aliphatic heterocycles. The quantitative estimate of drug-likeness (QED) is 0.465. The standard InChI is InChI=1S/C10H17N3O3S/c1-7(2)6-12-17(15,16)13-10-4-3-8(14)5-9(10)11/h3-5,7,12-14H,6,11H2,1-2H3. The van der Waals surface area contributed by atoms with Gasteiger partial charge >= 0.3 is 0 Å². The van der Waals surface area contributed by atoms with Crippen molar-refractivity contribution in [1.82, 2.24) is 4.72 Å². The van der Waals surface area contributed by atoms with E-state index >= 15 is 0 Å². The average Bonchev–Trinajstić information content (AvgIpc) is 2.20. The minimum Gasteiger partial charge on any atom is -0.508 e. The molecule has 0 fully saturated rings. The van der Waals surface area contributed by atoms with Gasteiger partial charge in [0.25, 0.3) is 10.2 Å². The van der Waals surface area contributed by atoms with Gasteiger partial charge in [0.1, 0.15) is 5.75 Å². The summed E-state index contributed by atoms with van der Waals surface area (Å²) in [7, 11) is -3.63. The molecule has 0 heterocycles. The van der Waals surface area contributed by atoms with Gasteiger partial charge in [-0.15, -0.1) is 0 Å². The maximum atomic E-state index is 11.6. The highest BCUT2D eigenvalue weighted by molar-refractivity contribution is 7.90. The molecule has 0 radical (unpaired) electrons. The lowest BCUT2D eigenvalue weighted by molar-refractivity contribution is 0.475. The molecule has 0 aromatic heterocycles. The van der Waals surface area contributed by atoms with E-state index in [4.69, 9.17) is 10.8 Å². The topological polar surface area (TPSA) is 104 Å². The van der Waals surface area contributed by atoms with E-state index in [2.05, 4.69) is 9.44 Å². The average molecular weight is 259 g/mol. The molecule has 0 amide bonds. The van der Waals surface area contributed by atoms with Crippen LogP contribution in [-0.2, 0) is 10.2 Å². The van der Waals surface area contributed by atoms with Crippen LogP contribution in [0, 0.1) is 5.92 Å². The first-order valence-electron chi connectivity index (χ1n) is 5.16. The second-order valence-electron chi connectivity index (χ2n) is 4.12. The second-order valence-corrected chi connectivity index (χ2v) is 5.62. The van der Waals surface area contributed by atoms with Crippen molar-refractivity contribution in [1.29, 1.82) is 0 Å². The number of hydrogen-bond donors (Lipinski definition) is 4. The van der Waals surface area contributed by atoms with Crippen LogP contribution in [0.5, 0.6) is 5.75 Å². The summed E-state index contributed by atoms with van der Waals surface area (Å²) in [4.78, 5) is 0. The van der Waals surface area contributed by atoms with Crippen molar-refractivity contribution in [2.45, 2.75) is 13.8 Å². The SMILES string of the molecule is CC(C)CNS(=O)(=O)Nc1ccc(O)cc1N. The number of phenols is 1. The number of rotatable bonds is 5. The van der Waals surface area contributed by atoms with Crippen molar-refractivity contribution in [3.8, 4) is 5.75 Å². The first kappa shape index (κ1) is 13.6. The Hall–Kier alpha value is -1.47. The molecular formula is C10H17N3O3S. The van der Waals surface area contributed by atoms with E-state index in [0.717, 1.165) is 0 Å². The van der Waals surface area contributed by atoms with Gasteiger partial charge in [0.15, 0.2) is 0 Å². The lowest BCUT2D eigenvalue weighted by Crippen LogP contribution is -2.33. The van der Waals surface area contributed by atoms with Crippen molar-refractivity contribution in [2.24, 2.45) is 5.92 Å². The largest absolute Gasteiger partial charge is 0.508 e. The fraction of sp³-hybridized carbons (Fsp3) is 0.400. The zero-order chi connectivity index (χ0) is 13.1. The first-order valence-corrected chi connectivity index (χ1v) is 6.64. The summed E-state index contributed by atoms with van der Waals surface area (Å²) in [6, 6.07) is 4.04. The predicted octanol–water partition coefficient (Wildman–Crippen LogP) is 0.877. The van der Waals surface area contributed by atoms with Crippen LogP contribution in [0.3, 0.4) is 0 Å². The number of nitrogen functional groups attached to an aromatic ring is 1. The molecule has 1 rings (SSSR count). The molecule has 1 aromatic carbocycles. The summed E-state index contributed by atoms with van der Waals surface area (Å²) in [6.45, 7) is 4.14. The minimum absolute atomic E-state index is 0.0133. The van der Waals surface area contributed by atoms with Gasteiger partial charge in [-0.2, -0.15) is 13.1 Å². The number of aromatic hydroxyl groups is 1. The predicted molar refractivity (Wildman–Crippen MR) is 67.9 cm³/mol. The Labute approximate surface area is 101 Å². The van der Waals surface area contributed by atoms with E-state index in [1.807, 2.05) is 13.8 Å². The first-order chi connectivity index (χ1) is 7.80. The van der Waals surface area contributed by atoms with Crippen molar-refractivity contribution >= 4 is 21.6 Å². The number of anilines is 2. The van der Waals surface area contributed by atoms with Gasteiger partial charge in [-0.1, -0.05) is 13.8 Å². The Kier molecular flexibility index (Phi) is 4.19. The van der Waals surface area contributed by atoms with E-state index < -0.39 is 10.2 Å². The van der Waals surface area contributed by atoms with Gasteiger partial charge in [-0.3, -0.25) is 4.72 Å². The summed E-state index contributed by atoms with van der Waals surface area (Å²) >= 11 is 0. The molecule has 0 atom stereocenters. The third-order valence-corrected chi connectivity index (χ3v) is 3.00. The third-order valence-electron chi connectivity index (χ3n) is 1.96.